The van der Waals surface area contributed by atoms with E-state index >= 15 is 0 Å². The monoisotopic (exact) mass is 362 g/mol. The number of benzene rings is 1. The molecule has 7 heteroatoms. The van der Waals surface area contributed by atoms with E-state index in [-0.39, 0.29) is 13.0 Å². The molecule has 140 valence electrons. The lowest BCUT2D eigenvalue weighted by molar-refractivity contribution is -0.140. The van der Waals surface area contributed by atoms with Crippen LogP contribution in [0, 0.1) is 11.7 Å². The molecule has 0 amide bonds. The van der Waals surface area contributed by atoms with Gasteiger partial charge in [0.15, 0.2) is 17.3 Å². The smallest absolute Gasteiger partial charge is 0.420 e. The van der Waals surface area contributed by atoms with Crippen molar-refractivity contribution in [2.24, 2.45) is 5.92 Å². The number of hydrogen-bond donors (Lipinski definition) is 0. The predicted octanol–water partition coefficient (Wildman–Crippen LogP) is 5.02. The highest BCUT2D eigenvalue weighted by Gasteiger charge is 2.40. The summed E-state index contributed by atoms with van der Waals surface area (Å²) in [7, 11) is 0. The van der Waals surface area contributed by atoms with Gasteiger partial charge in [-0.2, -0.15) is 13.2 Å². The number of carbonyl (C=O) groups excluding carboxylic acids is 1. The van der Waals surface area contributed by atoms with Crippen LogP contribution in [0.5, 0.6) is 5.75 Å². The largest absolute Gasteiger partial charge is 0.491 e. The minimum absolute atomic E-state index is 0.0327. The molecule has 1 saturated heterocycles. The Morgan fingerprint density at radius 3 is 2.72 bits per heavy atom. The second kappa shape index (κ2) is 8.65. The molecule has 3 nitrogen and oxygen atoms in total. The first kappa shape index (κ1) is 19.7. The minimum atomic E-state index is -4.96. The Morgan fingerprint density at radius 1 is 1.36 bits per heavy atom. The summed E-state index contributed by atoms with van der Waals surface area (Å²) in [5.41, 5.74) is -2.17. The molecule has 0 bridgehead atoms. The van der Waals surface area contributed by atoms with Crippen LogP contribution in [0.4, 0.5) is 17.6 Å². The molecule has 1 aromatic carbocycles. The van der Waals surface area contributed by atoms with E-state index in [4.69, 9.17) is 9.47 Å². The van der Waals surface area contributed by atoms with E-state index in [0.717, 1.165) is 31.6 Å². The van der Waals surface area contributed by atoms with Crippen LogP contribution >= 0.6 is 0 Å². The van der Waals surface area contributed by atoms with Crippen molar-refractivity contribution in [3.05, 3.63) is 29.1 Å². The van der Waals surface area contributed by atoms with Crippen LogP contribution in [-0.4, -0.2) is 25.6 Å². The third kappa shape index (κ3) is 5.17. The highest BCUT2D eigenvalue weighted by atomic mass is 19.4. The standard InChI is InChI=1S/C18H22F4O3/c1-2-25-15-9-8-13(16(17(15)19)18(20,21)22)14(23)7-3-5-12-6-4-10-24-11-12/h8-9,12H,2-7,10-11H2,1H3. The van der Waals surface area contributed by atoms with E-state index < -0.39 is 34.7 Å². The van der Waals surface area contributed by atoms with Crippen molar-refractivity contribution in [2.75, 3.05) is 19.8 Å². The molecule has 1 fully saturated rings. The van der Waals surface area contributed by atoms with Crippen LogP contribution < -0.4 is 4.74 Å². The van der Waals surface area contributed by atoms with Crippen molar-refractivity contribution < 1.29 is 31.8 Å². The molecule has 1 atom stereocenters. The van der Waals surface area contributed by atoms with Crippen molar-refractivity contribution in [3.63, 3.8) is 0 Å². The Bertz CT molecular complexity index is 593. The average molecular weight is 362 g/mol. The molecule has 1 aliphatic heterocycles. The summed E-state index contributed by atoms with van der Waals surface area (Å²) in [5, 5.41) is 0. The fourth-order valence-corrected chi connectivity index (χ4v) is 3.05. The van der Waals surface area contributed by atoms with E-state index in [0.29, 0.717) is 25.4 Å². The molecule has 0 N–H and O–H groups in total. The lowest BCUT2D eigenvalue weighted by Crippen LogP contribution is -2.18. The summed E-state index contributed by atoms with van der Waals surface area (Å²) in [6.07, 6.45) is -1.88. The Hall–Kier alpha value is -1.63. The number of alkyl halides is 3. The van der Waals surface area contributed by atoms with E-state index in [1.807, 2.05) is 0 Å². The molecule has 25 heavy (non-hydrogen) atoms. The van der Waals surface area contributed by atoms with Gasteiger partial charge in [0.05, 0.1) is 6.61 Å². The van der Waals surface area contributed by atoms with Crippen molar-refractivity contribution in [1.82, 2.24) is 0 Å². The first-order valence-corrected chi connectivity index (χ1v) is 8.48. The molecule has 1 aliphatic rings. The lowest BCUT2D eigenvalue weighted by Gasteiger charge is -2.21. The van der Waals surface area contributed by atoms with Gasteiger partial charge >= 0.3 is 6.18 Å². The molecule has 0 aromatic heterocycles. The molecule has 1 unspecified atom stereocenters. The maximum atomic E-state index is 14.2. The molecule has 0 saturated carbocycles. The number of rotatable bonds is 7. The Labute approximate surface area is 144 Å². The molecular weight excluding hydrogens is 340 g/mol. The maximum absolute atomic E-state index is 14.2. The van der Waals surface area contributed by atoms with Crippen molar-refractivity contribution in [2.45, 2.75) is 45.2 Å². The van der Waals surface area contributed by atoms with Crippen LogP contribution in [0.1, 0.15) is 54.9 Å². The first-order chi connectivity index (χ1) is 11.8. The molecule has 0 aliphatic carbocycles. The topological polar surface area (TPSA) is 35.5 Å². The zero-order chi connectivity index (χ0) is 18.4. The van der Waals surface area contributed by atoms with Gasteiger partial charge in [0, 0.05) is 25.2 Å². The van der Waals surface area contributed by atoms with Crippen molar-refractivity contribution >= 4 is 5.78 Å². The summed E-state index contributed by atoms with van der Waals surface area (Å²) in [6, 6.07) is 2.08. The summed E-state index contributed by atoms with van der Waals surface area (Å²) in [4.78, 5) is 12.2. The van der Waals surface area contributed by atoms with Gasteiger partial charge < -0.3 is 9.47 Å². The predicted molar refractivity (Wildman–Crippen MR) is 84.3 cm³/mol. The third-order valence-electron chi connectivity index (χ3n) is 4.26. The zero-order valence-corrected chi connectivity index (χ0v) is 14.1. The van der Waals surface area contributed by atoms with E-state index in [1.54, 1.807) is 6.92 Å². The van der Waals surface area contributed by atoms with Gasteiger partial charge in [-0.1, -0.05) is 0 Å². The van der Waals surface area contributed by atoms with Gasteiger partial charge in [-0.05, 0) is 50.7 Å². The Morgan fingerprint density at radius 2 is 2.12 bits per heavy atom. The number of carbonyl (C=O) groups is 1. The third-order valence-corrected chi connectivity index (χ3v) is 4.26. The SMILES string of the molecule is CCOc1ccc(C(=O)CCCC2CCCOC2)c(C(F)(F)F)c1F. The Kier molecular flexibility index (Phi) is 6.81. The van der Waals surface area contributed by atoms with Gasteiger partial charge in [-0.25, -0.2) is 4.39 Å². The summed E-state index contributed by atoms with van der Waals surface area (Å²) in [5.74, 6) is -2.39. The molecule has 0 spiro atoms. The summed E-state index contributed by atoms with van der Waals surface area (Å²) < 4.78 is 64.1. The van der Waals surface area contributed by atoms with Gasteiger partial charge in [-0.3, -0.25) is 4.79 Å². The highest BCUT2D eigenvalue weighted by Crippen LogP contribution is 2.38. The molecule has 1 aromatic rings. The molecule has 2 rings (SSSR count). The number of hydrogen-bond acceptors (Lipinski definition) is 3. The number of ketones is 1. The molecule has 1 heterocycles. The summed E-state index contributed by atoms with van der Waals surface area (Å²) >= 11 is 0. The average Bonchev–Trinajstić information content (AvgIpc) is 2.56. The number of ether oxygens (including phenoxy) is 2. The van der Waals surface area contributed by atoms with Crippen LogP contribution in [0.3, 0.4) is 0 Å². The lowest BCUT2D eigenvalue weighted by atomic mass is 9.93. The van der Waals surface area contributed by atoms with Gasteiger partial charge in [0.2, 0.25) is 0 Å². The quantitative estimate of drug-likeness (QED) is 0.504. The maximum Gasteiger partial charge on any atom is 0.420 e. The second-order valence-corrected chi connectivity index (χ2v) is 6.13. The number of Topliss-reactive ketones (excluding diaryl/α,β-unsaturated/α-hetero) is 1. The van der Waals surface area contributed by atoms with Crippen LogP contribution in [0.25, 0.3) is 0 Å². The summed E-state index contributed by atoms with van der Waals surface area (Å²) in [6.45, 7) is 2.93. The Balaban J connectivity index is 2.10. The van der Waals surface area contributed by atoms with Gasteiger partial charge in [0.1, 0.15) is 5.56 Å². The van der Waals surface area contributed by atoms with Crippen LogP contribution in [0.15, 0.2) is 12.1 Å². The molecular formula is C18H22F4O3. The van der Waals surface area contributed by atoms with Crippen molar-refractivity contribution in [1.29, 1.82) is 0 Å². The fraction of sp³-hybridized carbons (Fsp3) is 0.611. The van der Waals surface area contributed by atoms with Crippen LogP contribution in [-0.2, 0) is 10.9 Å². The van der Waals surface area contributed by atoms with E-state index in [9.17, 15) is 22.4 Å². The normalized spacial score (nSPS) is 18.2. The van der Waals surface area contributed by atoms with Gasteiger partial charge in [0.25, 0.3) is 0 Å². The highest BCUT2D eigenvalue weighted by molar-refractivity contribution is 5.97. The number of halogens is 4. The zero-order valence-electron chi connectivity index (χ0n) is 14.1. The van der Waals surface area contributed by atoms with E-state index in [2.05, 4.69) is 0 Å². The van der Waals surface area contributed by atoms with E-state index in [1.165, 1.54) is 0 Å². The first-order valence-electron chi connectivity index (χ1n) is 8.48. The molecule has 0 radical (unpaired) electrons. The van der Waals surface area contributed by atoms with Crippen molar-refractivity contribution in [3.8, 4) is 5.75 Å². The second-order valence-electron chi connectivity index (χ2n) is 6.13. The minimum Gasteiger partial charge on any atom is -0.491 e. The fourth-order valence-electron chi connectivity index (χ4n) is 3.05. The van der Waals surface area contributed by atoms with Crippen LogP contribution in [0.2, 0.25) is 0 Å². The van der Waals surface area contributed by atoms with Gasteiger partial charge in [-0.15, -0.1) is 0 Å².